The van der Waals surface area contributed by atoms with Crippen LogP contribution in [0.4, 0.5) is 5.13 Å². The summed E-state index contributed by atoms with van der Waals surface area (Å²) in [6, 6.07) is 7.19. The van der Waals surface area contributed by atoms with E-state index in [4.69, 9.17) is 22.1 Å². The highest BCUT2D eigenvalue weighted by Crippen LogP contribution is 2.30. The van der Waals surface area contributed by atoms with Gasteiger partial charge in [0.05, 0.1) is 0 Å². The molecule has 0 amide bonds. The molecular weight excluding hydrogens is 258 g/mol. The van der Waals surface area contributed by atoms with E-state index in [1.165, 1.54) is 11.3 Å². The Balaban J connectivity index is 2.19. The summed E-state index contributed by atoms with van der Waals surface area (Å²) in [6.45, 7) is 3.84. The van der Waals surface area contributed by atoms with Crippen molar-refractivity contribution in [3.8, 4) is 5.75 Å². The van der Waals surface area contributed by atoms with Crippen LogP contribution >= 0.6 is 22.9 Å². The molecule has 0 spiro atoms. The summed E-state index contributed by atoms with van der Waals surface area (Å²) in [4.78, 5) is 0. The van der Waals surface area contributed by atoms with E-state index in [1.54, 1.807) is 12.1 Å². The first kappa shape index (κ1) is 12.1. The second kappa shape index (κ2) is 4.50. The average molecular weight is 270 g/mol. The van der Waals surface area contributed by atoms with Crippen LogP contribution in [0.3, 0.4) is 0 Å². The van der Waals surface area contributed by atoms with Gasteiger partial charge in [0.25, 0.3) is 0 Å². The van der Waals surface area contributed by atoms with Crippen molar-refractivity contribution >= 4 is 28.1 Å². The Morgan fingerprint density at radius 3 is 2.41 bits per heavy atom. The van der Waals surface area contributed by atoms with Gasteiger partial charge in [-0.2, -0.15) is 0 Å². The van der Waals surface area contributed by atoms with Gasteiger partial charge >= 0.3 is 0 Å². The molecule has 0 saturated heterocycles. The van der Waals surface area contributed by atoms with E-state index >= 15 is 0 Å². The Labute approximate surface area is 108 Å². The zero-order valence-corrected chi connectivity index (χ0v) is 11.0. The van der Waals surface area contributed by atoms with E-state index in [-0.39, 0.29) is 0 Å². The van der Waals surface area contributed by atoms with Gasteiger partial charge in [0.15, 0.2) is 10.6 Å². The van der Waals surface area contributed by atoms with Gasteiger partial charge in [-0.3, -0.25) is 0 Å². The van der Waals surface area contributed by atoms with Crippen LogP contribution in [0.5, 0.6) is 5.75 Å². The highest BCUT2D eigenvalue weighted by atomic mass is 35.5. The van der Waals surface area contributed by atoms with Crippen molar-refractivity contribution < 1.29 is 4.74 Å². The second-order valence-corrected chi connectivity index (χ2v) is 5.46. The zero-order chi connectivity index (χ0) is 12.5. The molecule has 1 heterocycles. The summed E-state index contributed by atoms with van der Waals surface area (Å²) in [5.41, 5.74) is 4.99. The maximum atomic E-state index is 5.85. The Hall–Kier alpha value is -1.33. The predicted octanol–water partition coefficient (Wildman–Crippen LogP) is 3.09. The van der Waals surface area contributed by atoms with E-state index in [9.17, 15) is 0 Å². The first-order valence-corrected chi connectivity index (χ1v) is 6.21. The van der Waals surface area contributed by atoms with Crippen molar-refractivity contribution in [2.24, 2.45) is 0 Å². The molecule has 0 atom stereocenters. The number of ether oxygens (including phenoxy) is 1. The largest absolute Gasteiger partial charge is 0.481 e. The first-order chi connectivity index (χ1) is 7.97. The highest BCUT2D eigenvalue weighted by molar-refractivity contribution is 7.15. The summed E-state index contributed by atoms with van der Waals surface area (Å²) in [7, 11) is 0. The molecule has 0 aliphatic heterocycles. The maximum absolute atomic E-state index is 5.85. The molecule has 0 radical (unpaired) electrons. The lowest BCUT2D eigenvalue weighted by molar-refractivity contribution is 0.107. The number of hydrogen-bond acceptors (Lipinski definition) is 5. The monoisotopic (exact) mass is 269 g/mol. The minimum absolute atomic E-state index is 0.438. The molecule has 2 rings (SSSR count). The van der Waals surface area contributed by atoms with Crippen molar-refractivity contribution in [1.29, 1.82) is 0 Å². The van der Waals surface area contributed by atoms with E-state index in [2.05, 4.69) is 10.2 Å². The molecule has 17 heavy (non-hydrogen) atoms. The second-order valence-electron chi connectivity index (χ2n) is 4.01. The topological polar surface area (TPSA) is 61.0 Å². The number of rotatable bonds is 3. The van der Waals surface area contributed by atoms with Gasteiger partial charge in [0, 0.05) is 5.02 Å². The molecule has 2 aromatic rings. The summed E-state index contributed by atoms with van der Waals surface area (Å²) < 4.78 is 5.85. The van der Waals surface area contributed by atoms with Gasteiger partial charge in [-0.1, -0.05) is 22.9 Å². The molecule has 4 nitrogen and oxygen atoms in total. The van der Waals surface area contributed by atoms with Crippen LogP contribution in [-0.4, -0.2) is 10.2 Å². The minimum Gasteiger partial charge on any atom is -0.481 e. The number of nitrogens with zero attached hydrogens (tertiary/aromatic N) is 2. The van der Waals surface area contributed by atoms with Crippen LogP contribution < -0.4 is 10.5 Å². The summed E-state index contributed by atoms with van der Waals surface area (Å²) in [5.74, 6) is 0.730. The van der Waals surface area contributed by atoms with Crippen LogP contribution in [0, 0.1) is 0 Å². The maximum Gasteiger partial charge on any atom is 0.203 e. The molecule has 6 heteroatoms. The van der Waals surface area contributed by atoms with Gasteiger partial charge in [-0.15, -0.1) is 10.2 Å². The van der Waals surface area contributed by atoms with Gasteiger partial charge < -0.3 is 10.5 Å². The molecule has 0 saturated carbocycles. The van der Waals surface area contributed by atoms with Gasteiger partial charge in [-0.05, 0) is 38.1 Å². The highest BCUT2D eigenvalue weighted by Gasteiger charge is 2.27. The summed E-state index contributed by atoms with van der Waals surface area (Å²) in [5, 5.41) is 9.63. The standard InChI is InChI=1S/C11H12ClN3OS/c1-11(2,9-14-15-10(13)17-9)16-8-5-3-7(12)4-6-8/h3-6H,1-2H3,(H2,13,15). The number of halogens is 1. The molecule has 1 aromatic heterocycles. The number of nitrogen functional groups attached to an aromatic ring is 1. The summed E-state index contributed by atoms with van der Waals surface area (Å²) >= 11 is 7.13. The SMILES string of the molecule is CC(C)(Oc1ccc(Cl)cc1)c1nnc(N)s1. The zero-order valence-electron chi connectivity index (χ0n) is 9.48. The van der Waals surface area contributed by atoms with E-state index in [1.807, 2.05) is 26.0 Å². The quantitative estimate of drug-likeness (QED) is 0.930. The Bertz CT molecular complexity index is 510. The third-order valence-electron chi connectivity index (χ3n) is 2.14. The normalized spacial score (nSPS) is 11.5. The third-order valence-corrected chi connectivity index (χ3v) is 3.45. The number of anilines is 1. The average Bonchev–Trinajstić information content (AvgIpc) is 2.69. The minimum atomic E-state index is -0.566. The Kier molecular flexibility index (Phi) is 3.22. The molecule has 2 N–H and O–H groups in total. The molecule has 0 fully saturated rings. The third kappa shape index (κ3) is 2.87. The van der Waals surface area contributed by atoms with Gasteiger partial charge in [0.1, 0.15) is 5.75 Å². The molecule has 0 bridgehead atoms. The van der Waals surface area contributed by atoms with Crippen LogP contribution in [0.2, 0.25) is 5.02 Å². The van der Waals surface area contributed by atoms with E-state index in [0.29, 0.717) is 10.2 Å². The first-order valence-electron chi connectivity index (χ1n) is 5.01. The Morgan fingerprint density at radius 1 is 1.24 bits per heavy atom. The van der Waals surface area contributed by atoms with Crippen LogP contribution in [0.1, 0.15) is 18.9 Å². The molecule has 90 valence electrons. The molecule has 1 aromatic carbocycles. The molecule has 0 aliphatic rings. The fourth-order valence-corrected chi connectivity index (χ4v) is 2.09. The predicted molar refractivity (Wildman–Crippen MR) is 69.4 cm³/mol. The fraction of sp³-hybridized carbons (Fsp3) is 0.273. The summed E-state index contributed by atoms with van der Waals surface area (Å²) in [6.07, 6.45) is 0. The van der Waals surface area contributed by atoms with Crippen molar-refractivity contribution in [3.63, 3.8) is 0 Å². The number of aromatic nitrogens is 2. The van der Waals surface area contributed by atoms with Gasteiger partial charge in [-0.25, -0.2) is 0 Å². The molecule has 0 aliphatic carbocycles. The van der Waals surface area contributed by atoms with Crippen molar-refractivity contribution in [3.05, 3.63) is 34.3 Å². The smallest absolute Gasteiger partial charge is 0.203 e. The number of hydrogen-bond donors (Lipinski definition) is 1. The lowest BCUT2D eigenvalue weighted by Crippen LogP contribution is -2.25. The molecular formula is C11H12ClN3OS. The van der Waals surface area contributed by atoms with Crippen molar-refractivity contribution in [1.82, 2.24) is 10.2 Å². The Morgan fingerprint density at radius 2 is 1.88 bits per heavy atom. The van der Waals surface area contributed by atoms with E-state index in [0.717, 1.165) is 10.8 Å². The van der Waals surface area contributed by atoms with Crippen LogP contribution in [0.25, 0.3) is 0 Å². The van der Waals surface area contributed by atoms with Gasteiger partial charge in [0.2, 0.25) is 5.13 Å². The van der Waals surface area contributed by atoms with Crippen molar-refractivity contribution in [2.45, 2.75) is 19.4 Å². The fourth-order valence-electron chi connectivity index (χ4n) is 1.32. The van der Waals surface area contributed by atoms with Crippen LogP contribution in [0.15, 0.2) is 24.3 Å². The van der Waals surface area contributed by atoms with Crippen molar-refractivity contribution in [2.75, 3.05) is 5.73 Å². The lowest BCUT2D eigenvalue weighted by atomic mass is 10.1. The number of nitrogens with two attached hydrogens (primary N) is 1. The van der Waals surface area contributed by atoms with Crippen LogP contribution in [-0.2, 0) is 5.60 Å². The lowest BCUT2D eigenvalue weighted by Gasteiger charge is -2.23. The van der Waals surface area contributed by atoms with E-state index < -0.39 is 5.60 Å². The number of benzene rings is 1. The molecule has 0 unspecified atom stereocenters.